The second-order valence-corrected chi connectivity index (χ2v) is 7.44. The van der Waals surface area contributed by atoms with Crippen molar-refractivity contribution < 1.29 is 9.53 Å². The molecular formula is C25H25N5O2. The number of primary amides is 1. The SMILES string of the molecule is CCC(c1ccccc1)N(N)c1ncnc2c(C(N)=O)cc(OCc3ccccc3)cc12. The van der Waals surface area contributed by atoms with Gasteiger partial charge in [0.15, 0.2) is 5.82 Å². The van der Waals surface area contributed by atoms with E-state index in [1.807, 2.05) is 60.7 Å². The summed E-state index contributed by atoms with van der Waals surface area (Å²) in [5.41, 5.74) is 8.43. The second-order valence-electron chi connectivity index (χ2n) is 7.44. The predicted octanol–water partition coefficient (Wildman–Crippen LogP) is 4.14. The van der Waals surface area contributed by atoms with Crippen LogP contribution in [0.4, 0.5) is 5.82 Å². The molecule has 0 aliphatic carbocycles. The lowest BCUT2D eigenvalue weighted by Crippen LogP contribution is -2.36. The first kappa shape index (κ1) is 21.3. The van der Waals surface area contributed by atoms with E-state index < -0.39 is 5.91 Å². The molecule has 0 aliphatic rings. The Bertz CT molecular complexity index is 1220. The number of hydrazine groups is 1. The number of benzene rings is 3. The van der Waals surface area contributed by atoms with Crippen LogP contribution >= 0.6 is 0 Å². The van der Waals surface area contributed by atoms with Crippen LogP contribution in [-0.4, -0.2) is 15.9 Å². The average Bonchev–Trinajstić information content (AvgIpc) is 2.83. The van der Waals surface area contributed by atoms with E-state index in [1.165, 1.54) is 6.33 Å². The van der Waals surface area contributed by atoms with E-state index in [2.05, 4.69) is 16.9 Å². The Morgan fingerprint density at radius 1 is 1.03 bits per heavy atom. The fraction of sp³-hybridized carbons (Fsp3) is 0.160. The minimum absolute atomic E-state index is 0.111. The van der Waals surface area contributed by atoms with Crippen LogP contribution in [0.3, 0.4) is 0 Å². The monoisotopic (exact) mass is 427 g/mol. The average molecular weight is 428 g/mol. The van der Waals surface area contributed by atoms with Crippen molar-refractivity contribution in [1.82, 2.24) is 9.97 Å². The third kappa shape index (κ3) is 4.38. The first-order valence-corrected chi connectivity index (χ1v) is 10.4. The Hall–Kier alpha value is -3.97. The molecule has 3 aromatic carbocycles. The van der Waals surface area contributed by atoms with Gasteiger partial charge in [0.05, 0.1) is 17.1 Å². The number of fused-ring (bicyclic) bond motifs is 1. The van der Waals surface area contributed by atoms with Gasteiger partial charge >= 0.3 is 0 Å². The fourth-order valence-corrected chi connectivity index (χ4v) is 3.76. The van der Waals surface area contributed by atoms with Crippen molar-refractivity contribution in [2.24, 2.45) is 11.6 Å². The molecule has 1 heterocycles. The van der Waals surface area contributed by atoms with Crippen molar-refractivity contribution >= 4 is 22.6 Å². The van der Waals surface area contributed by atoms with Crippen LogP contribution in [0.1, 0.15) is 40.9 Å². The molecule has 7 heteroatoms. The zero-order valence-corrected chi connectivity index (χ0v) is 17.8. The first-order chi connectivity index (χ1) is 15.6. The summed E-state index contributed by atoms with van der Waals surface area (Å²) in [7, 11) is 0. The molecule has 162 valence electrons. The van der Waals surface area contributed by atoms with E-state index in [1.54, 1.807) is 17.1 Å². The maximum atomic E-state index is 12.2. The highest BCUT2D eigenvalue weighted by atomic mass is 16.5. The van der Waals surface area contributed by atoms with Gasteiger partial charge in [0.1, 0.15) is 18.7 Å². The number of hydrogen-bond acceptors (Lipinski definition) is 6. The molecule has 4 aromatic rings. The summed E-state index contributed by atoms with van der Waals surface area (Å²) in [6.07, 6.45) is 2.16. The van der Waals surface area contributed by atoms with Crippen LogP contribution in [-0.2, 0) is 6.61 Å². The van der Waals surface area contributed by atoms with E-state index >= 15 is 0 Å². The van der Waals surface area contributed by atoms with Gasteiger partial charge in [-0.1, -0.05) is 67.6 Å². The van der Waals surface area contributed by atoms with Crippen LogP contribution in [0.5, 0.6) is 5.75 Å². The molecule has 1 aromatic heterocycles. The Morgan fingerprint density at radius 3 is 2.38 bits per heavy atom. The highest BCUT2D eigenvalue weighted by Gasteiger charge is 2.22. The molecule has 1 atom stereocenters. The molecule has 0 spiro atoms. The van der Waals surface area contributed by atoms with Crippen molar-refractivity contribution in [3.05, 3.63) is 95.8 Å². The van der Waals surface area contributed by atoms with Crippen LogP contribution in [0, 0.1) is 0 Å². The van der Waals surface area contributed by atoms with E-state index in [-0.39, 0.29) is 11.6 Å². The molecule has 0 saturated heterocycles. The van der Waals surface area contributed by atoms with Crippen molar-refractivity contribution in [3.63, 3.8) is 0 Å². The normalized spacial score (nSPS) is 11.8. The van der Waals surface area contributed by atoms with Crippen LogP contribution < -0.4 is 21.3 Å². The highest BCUT2D eigenvalue weighted by Crippen LogP contribution is 2.33. The molecule has 0 fully saturated rings. The van der Waals surface area contributed by atoms with Crippen LogP contribution in [0.25, 0.3) is 10.9 Å². The maximum absolute atomic E-state index is 12.2. The Balaban J connectivity index is 1.77. The maximum Gasteiger partial charge on any atom is 0.251 e. The number of anilines is 1. The number of nitrogens with zero attached hydrogens (tertiary/aromatic N) is 3. The lowest BCUT2D eigenvalue weighted by atomic mass is 10.0. The molecular weight excluding hydrogens is 402 g/mol. The number of aromatic nitrogens is 2. The van der Waals surface area contributed by atoms with Gasteiger partial charge in [0, 0.05) is 5.39 Å². The third-order valence-electron chi connectivity index (χ3n) is 5.36. The van der Waals surface area contributed by atoms with Gasteiger partial charge in [0.2, 0.25) is 0 Å². The Morgan fingerprint density at radius 2 is 1.72 bits per heavy atom. The quantitative estimate of drug-likeness (QED) is 0.323. The molecule has 7 nitrogen and oxygen atoms in total. The molecule has 0 bridgehead atoms. The van der Waals surface area contributed by atoms with Crippen LogP contribution in [0.2, 0.25) is 0 Å². The number of hydrogen-bond donors (Lipinski definition) is 2. The van der Waals surface area contributed by atoms with Gasteiger partial charge in [-0.05, 0) is 29.7 Å². The summed E-state index contributed by atoms with van der Waals surface area (Å²) in [5, 5.41) is 2.22. The minimum atomic E-state index is -0.594. The highest BCUT2D eigenvalue weighted by molar-refractivity contribution is 6.07. The number of amides is 1. The predicted molar refractivity (Wildman–Crippen MR) is 125 cm³/mol. The molecule has 4 rings (SSSR count). The second kappa shape index (κ2) is 9.45. The number of nitrogens with two attached hydrogens (primary N) is 2. The molecule has 4 N–H and O–H groups in total. The number of carbonyl (C=O) groups excluding carboxylic acids is 1. The standard InChI is InChI=1S/C25H25N5O2/c1-2-22(18-11-7-4-8-12-18)30(27)25-21-14-19(32-15-17-9-5-3-6-10-17)13-20(24(26)31)23(21)28-16-29-25/h3-14,16,22H,2,15,27H2,1H3,(H2,26,31). The summed E-state index contributed by atoms with van der Waals surface area (Å²) in [4.78, 5) is 21.0. The summed E-state index contributed by atoms with van der Waals surface area (Å²) in [5.74, 6) is 6.97. The Labute approximate surface area is 186 Å². The Kier molecular flexibility index (Phi) is 6.28. The summed E-state index contributed by atoms with van der Waals surface area (Å²) in [6.45, 7) is 2.41. The van der Waals surface area contributed by atoms with Gasteiger partial charge in [-0.3, -0.25) is 9.80 Å². The lowest BCUT2D eigenvalue weighted by Gasteiger charge is -2.29. The summed E-state index contributed by atoms with van der Waals surface area (Å²) < 4.78 is 5.97. The fourth-order valence-electron chi connectivity index (χ4n) is 3.76. The third-order valence-corrected chi connectivity index (χ3v) is 5.36. The van der Waals surface area contributed by atoms with Gasteiger partial charge in [-0.2, -0.15) is 0 Å². The van der Waals surface area contributed by atoms with Crippen molar-refractivity contribution in [2.75, 3.05) is 5.01 Å². The zero-order chi connectivity index (χ0) is 22.5. The van der Waals surface area contributed by atoms with E-state index in [0.717, 1.165) is 17.5 Å². The first-order valence-electron chi connectivity index (χ1n) is 10.4. The lowest BCUT2D eigenvalue weighted by molar-refractivity contribution is 0.100. The largest absolute Gasteiger partial charge is 0.489 e. The molecule has 1 amide bonds. The minimum Gasteiger partial charge on any atom is -0.489 e. The molecule has 0 saturated carbocycles. The topological polar surface area (TPSA) is 107 Å². The van der Waals surface area contributed by atoms with E-state index in [9.17, 15) is 4.79 Å². The van der Waals surface area contributed by atoms with Crippen LogP contribution in [0.15, 0.2) is 79.1 Å². The summed E-state index contributed by atoms with van der Waals surface area (Å²) >= 11 is 0. The van der Waals surface area contributed by atoms with Crippen molar-refractivity contribution in [1.29, 1.82) is 0 Å². The van der Waals surface area contributed by atoms with Crippen molar-refractivity contribution in [2.45, 2.75) is 26.0 Å². The number of rotatable bonds is 8. The van der Waals surface area contributed by atoms with Crippen molar-refractivity contribution in [3.8, 4) is 5.75 Å². The number of carbonyl (C=O) groups is 1. The molecule has 0 aliphatic heterocycles. The summed E-state index contributed by atoms with van der Waals surface area (Å²) in [6, 6.07) is 23.1. The van der Waals surface area contributed by atoms with Gasteiger partial charge in [-0.15, -0.1) is 0 Å². The molecule has 32 heavy (non-hydrogen) atoms. The van der Waals surface area contributed by atoms with E-state index in [4.69, 9.17) is 16.3 Å². The molecule has 0 radical (unpaired) electrons. The van der Waals surface area contributed by atoms with Gasteiger partial charge < -0.3 is 10.5 Å². The van der Waals surface area contributed by atoms with E-state index in [0.29, 0.717) is 29.1 Å². The van der Waals surface area contributed by atoms with Gasteiger partial charge in [-0.25, -0.2) is 15.8 Å². The molecule has 1 unspecified atom stereocenters. The smallest absolute Gasteiger partial charge is 0.251 e. The van der Waals surface area contributed by atoms with Gasteiger partial charge in [0.25, 0.3) is 5.91 Å². The zero-order valence-electron chi connectivity index (χ0n) is 17.8. The number of ether oxygens (including phenoxy) is 1.